The summed E-state index contributed by atoms with van der Waals surface area (Å²) in [5.74, 6) is 1.36. The highest BCUT2D eigenvalue weighted by atomic mass is 16.5. The molecule has 1 atom stereocenters. The molecule has 3 aromatic rings. The molecule has 2 aromatic heterocycles. The molecule has 4 N–H and O–H groups in total. The Kier molecular flexibility index (Phi) is 11.8. The van der Waals surface area contributed by atoms with Gasteiger partial charge in [-0.25, -0.2) is 4.98 Å². The SMILES string of the molecule is CC.CCC(=O)CCCCCCc1nnc(-c2cc3ccccc3nc2OC)o1.NC(=O)C1NC(=O)CC12CNC2. The summed E-state index contributed by atoms with van der Waals surface area (Å²) in [4.78, 5) is 37.8. The lowest BCUT2D eigenvalue weighted by Crippen LogP contribution is -2.62. The van der Waals surface area contributed by atoms with Gasteiger partial charge in [0.15, 0.2) is 0 Å². The van der Waals surface area contributed by atoms with Gasteiger partial charge in [-0.1, -0.05) is 51.8 Å². The topological polar surface area (TPSA) is 162 Å². The molecule has 1 aromatic carbocycles. The predicted molar refractivity (Wildman–Crippen MR) is 156 cm³/mol. The largest absolute Gasteiger partial charge is 0.480 e. The van der Waals surface area contributed by atoms with E-state index in [1.54, 1.807) is 7.11 Å². The van der Waals surface area contributed by atoms with Crippen LogP contribution in [0.25, 0.3) is 22.4 Å². The molecule has 0 radical (unpaired) electrons. The standard InChI is InChI=1S/C21H25N3O3.C7H11N3O2.C2H6/c1-3-16(25)11-6-4-5-7-13-19-23-24-21(27-19)17-14-15-10-8-9-12-18(15)22-20(17)26-2;8-6(12)5-7(2-9-3-7)1-4(11)10-5;1-2/h8-10,12,14H,3-7,11,13H2,1-2H3;5,9H,1-3H2,(H2,8,12)(H,10,11);1-2H3. The highest BCUT2D eigenvalue weighted by molar-refractivity contribution is 5.92. The molecule has 4 heterocycles. The molecule has 5 rings (SSSR count). The van der Waals surface area contributed by atoms with Crippen LogP contribution in [-0.4, -0.2) is 59.0 Å². The van der Waals surface area contributed by atoms with Crippen molar-refractivity contribution < 1.29 is 23.5 Å². The zero-order chi connectivity index (χ0) is 29.8. The van der Waals surface area contributed by atoms with Crippen LogP contribution in [0.4, 0.5) is 0 Å². The van der Waals surface area contributed by atoms with Gasteiger partial charge in [-0.15, -0.1) is 10.2 Å². The number of hydrogen-bond donors (Lipinski definition) is 3. The van der Waals surface area contributed by atoms with E-state index in [2.05, 4.69) is 25.8 Å². The number of ketones is 1. The smallest absolute Gasteiger partial charge is 0.253 e. The van der Waals surface area contributed by atoms with E-state index >= 15 is 0 Å². The van der Waals surface area contributed by atoms with Gasteiger partial charge in [0.05, 0.1) is 12.6 Å². The minimum Gasteiger partial charge on any atom is -0.480 e. The van der Waals surface area contributed by atoms with Crippen molar-refractivity contribution in [3.63, 3.8) is 0 Å². The Labute approximate surface area is 241 Å². The highest BCUT2D eigenvalue weighted by Crippen LogP contribution is 2.35. The molecule has 11 nitrogen and oxygen atoms in total. The Morgan fingerprint density at radius 2 is 1.85 bits per heavy atom. The lowest BCUT2D eigenvalue weighted by molar-refractivity contribution is -0.124. The summed E-state index contributed by atoms with van der Waals surface area (Å²) in [5.41, 5.74) is 6.51. The molecule has 0 bridgehead atoms. The molecular formula is C30H42N6O5. The average Bonchev–Trinajstić information content (AvgIpc) is 3.60. The van der Waals surface area contributed by atoms with Gasteiger partial charge in [-0.05, 0) is 25.0 Å². The number of pyridine rings is 1. The van der Waals surface area contributed by atoms with Crippen molar-refractivity contribution in [1.29, 1.82) is 0 Å². The maximum atomic E-state index is 11.3. The van der Waals surface area contributed by atoms with Gasteiger partial charge in [-0.3, -0.25) is 14.4 Å². The van der Waals surface area contributed by atoms with Gasteiger partial charge in [0.1, 0.15) is 17.4 Å². The van der Waals surface area contributed by atoms with E-state index < -0.39 is 11.9 Å². The number of aromatic nitrogens is 3. The van der Waals surface area contributed by atoms with Crippen molar-refractivity contribution in [2.45, 2.75) is 78.2 Å². The summed E-state index contributed by atoms with van der Waals surface area (Å²) >= 11 is 0. The number of aryl methyl sites for hydroxylation is 1. The number of benzene rings is 1. The molecule has 0 saturated carbocycles. The number of amides is 2. The first-order valence-corrected chi connectivity index (χ1v) is 14.4. The van der Waals surface area contributed by atoms with Crippen LogP contribution >= 0.6 is 0 Å². The van der Waals surface area contributed by atoms with E-state index in [1.165, 1.54) is 0 Å². The molecule has 2 amide bonds. The molecule has 0 aliphatic carbocycles. The number of hydrogen-bond acceptors (Lipinski definition) is 9. The van der Waals surface area contributed by atoms with Gasteiger partial charge in [0, 0.05) is 49.6 Å². The van der Waals surface area contributed by atoms with Crippen molar-refractivity contribution in [2.24, 2.45) is 11.1 Å². The number of carbonyl (C=O) groups is 3. The summed E-state index contributed by atoms with van der Waals surface area (Å²) < 4.78 is 11.2. The van der Waals surface area contributed by atoms with Gasteiger partial charge in [0.2, 0.25) is 23.6 Å². The number of para-hydroxylation sites is 1. The fraction of sp³-hybridized carbons (Fsp3) is 0.533. The summed E-state index contributed by atoms with van der Waals surface area (Å²) in [6, 6.07) is 9.33. The molecule has 222 valence electrons. The first-order chi connectivity index (χ1) is 19.8. The van der Waals surface area contributed by atoms with Crippen LogP contribution in [0.1, 0.15) is 71.6 Å². The molecule has 2 saturated heterocycles. The summed E-state index contributed by atoms with van der Waals surface area (Å²) in [7, 11) is 1.58. The van der Waals surface area contributed by atoms with Crippen LogP contribution < -0.4 is 21.1 Å². The van der Waals surface area contributed by atoms with Crippen molar-refractivity contribution >= 4 is 28.5 Å². The molecule has 1 unspecified atom stereocenters. The van der Waals surface area contributed by atoms with Crippen LogP contribution in [-0.2, 0) is 20.8 Å². The first kappa shape index (κ1) is 31.7. The monoisotopic (exact) mass is 566 g/mol. The van der Waals surface area contributed by atoms with E-state index in [-0.39, 0.29) is 11.3 Å². The number of carbonyl (C=O) groups excluding carboxylic acids is 3. The van der Waals surface area contributed by atoms with Crippen molar-refractivity contribution in [1.82, 2.24) is 25.8 Å². The zero-order valence-electron chi connectivity index (χ0n) is 24.5. The minimum atomic E-state index is -0.466. The van der Waals surface area contributed by atoms with Crippen molar-refractivity contribution in [3.8, 4) is 17.3 Å². The molecule has 11 heteroatoms. The van der Waals surface area contributed by atoms with E-state index in [0.717, 1.165) is 43.0 Å². The van der Waals surface area contributed by atoms with Gasteiger partial charge in [0.25, 0.3) is 5.89 Å². The number of nitrogens with one attached hydrogen (secondary N) is 2. The lowest BCUT2D eigenvalue weighted by atomic mass is 9.75. The Bertz CT molecular complexity index is 1320. The first-order valence-electron chi connectivity index (χ1n) is 14.4. The Balaban J connectivity index is 0.000000274. The number of methoxy groups -OCH3 is 1. The van der Waals surface area contributed by atoms with Crippen LogP contribution in [0.5, 0.6) is 5.88 Å². The predicted octanol–water partition coefficient (Wildman–Crippen LogP) is 3.74. The lowest BCUT2D eigenvalue weighted by Gasteiger charge is -2.41. The van der Waals surface area contributed by atoms with Gasteiger partial charge < -0.3 is 25.5 Å². The van der Waals surface area contributed by atoms with E-state index in [9.17, 15) is 14.4 Å². The van der Waals surface area contributed by atoms with Crippen molar-refractivity contribution in [2.75, 3.05) is 20.2 Å². The number of unbranched alkanes of at least 4 members (excludes halogenated alkanes) is 3. The maximum absolute atomic E-state index is 11.3. The molecule has 2 aliphatic rings. The number of nitrogens with two attached hydrogens (primary N) is 1. The third kappa shape index (κ3) is 8.09. The molecule has 1 spiro atoms. The average molecular weight is 567 g/mol. The second-order valence-corrected chi connectivity index (χ2v) is 10.1. The second kappa shape index (κ2) is 15.2. The van der Waals surface area contributed by atoms with Crippen molar-refractivity contribution in [3.05, 3.63) is 36.2 Å². The Morgan fingerprint density at radius 1 is 1.12 bits per heavy atom. The van der Waals surface area contributed by atoms with E-state index in [0.29, 0.717) is 61.4 Å². The third-order valence-corrected chi connectivity index (χ3v) is 7.24. The normalized spacial score (nSPS) is 16.6. The summed E-state index contributed by atoms with van der Waals surface area (Å²) in [6.45, 7) is 7.33. The molecule has 2 aliphatic heterocycles. The quantitative estimate of drug-likeness (QED) is 0.293. The van der Waals surface area contributed by atoms with E-state index in [1.807, 2.05) is 51.1 Å². The fourth-order valence-corrected chi connectivity index (χ4v) is 4.93. The minimum absolute atomic E-state index is 0.0692. The Hall–Kier alpha value is -3.86. The maximum Gasteiger partial charge on any atom is 0.253 e. The zero-order valence-corrected chi connectivity index (χ0v) is 24.5. The molecule has 2 fully saturated rings. The summed E-state index contributed by atoms with van der Waals surface area (Å²) in [6.07, 6.45) is 6.51. The number of Topliss-reactive ketones (excluding diaryl/α,β-unsaturated/α-hetero) is 1. The van der Waals surface area contributed by atoms with Gasteiger partial charge >= 0.3 is 0 Å². The second-order valence-electron chi connectivity index (χ2n) is 10.1. The fourth-order valence-electron chi connectivity index (χ4n) is 4.93. The Morgan fingerprint density at radius 3 is 2.49 bits per heavy atom. The highest BCUT2D eigenvalue weighted by Gasteiger charge is 2.53. The van der Waals surface area contributed by atoms with Crippen LogP contribution in [0.3, 0.4) is 0 Å². The number of nitrogens with zero attached hydrogens (tertiary/aromatic N) is 3. The number of ether oxygens (including phenoxy) is 1. The summed E-state index contributed by atoms with van der Waals surface area (Å²) in [5, 5.41) is 15.0. The number of rotatable bonds is 11. The molecular weight excluding hydrogens is 524 g/mol. The van der Waals surface area contributed by atoms with Crippen LogP contribution in [0.2, 0.25) is 0 Å². The third-order valence-electron chi connectivity index (χ3n) is 7.24. The van der Waals surface area contributed by atoms with E-state index in [4.69, 9.17) is 14.9 Å². The number of primary amides is 1. The van der Waals surface area contributed by atoms with Crippen LogP contribution in [0, 0.1) is 5.41 Å². The van der Waals surface area contributed by atoms with Crippen LogP contribution in [0.15, 0.2) is 34.7 Å². The molecule has 41 heavy (non-hydrogen) atoms. The van der Waals surface area contributed by atoms with Gasteiger partial charge in [-0.2, -0.15) is 0 Å². The number of fused-ring (bicyclic) bond motifs is 1.